The molecule has 4 amide bonds. The van der Waals surface area contributed by atoms with Crippen molar-refractivity contribution in [2.75, 3.05) is 57.5 Å². The van der Waals surface area contributed by atoms with Crippen molar-refractivity contribution in [2.45, 2.75) is 25.3 Å². The van der Waals surface area contributed by atoms with Crippen LogP contribution in [0.3, 0.4) is 0 Å². The maximum absolute atomic E-state index is 12.8. The highest BCUT2D eigenvalue weighted by molar-refractivity contribution is 6.31. The fourth-order valence-corrected chi connectivity index (χ4v) is 4.35. The molecule has 1 aromatic carbocycles. The summed E-state index contributed by atoms with van der Waals surface area (Å²) < 4.78 is 0. The number of amides is 4. The van der Waals surface area contributed by atoms with Gasteiger partial charge in [-0.1, -0.05) is 11.6 Å². The third-order valence-electron chi connectivity index (χ3n) is 6.00. The van der Waals surface area contributed by atoms with Crippen LogP contribution >= 0.6 is 11.6 Å². The number of halogens is 1. The van der Waals surface area contributed by atoms with Gasteiger partial charge in [-0.2, -0.15) is 0 Å². The molecule has 2 saturated heterocycles. The lowest BCUT2D eigenvalue weighted by atomic mass is 10.1. The molecule has 4 N–H and O–H groups in total. The van der Waals surface area contributed by atoms with Crippen molar-refractivity contribution in [3.8, 4) is 0 Å². The van der Waals surface area contributed by atoms with Crippen molar-refractivity contribution in [2.24, 2.45) is 0 Å². The predicted octanol–water partition coefficient (Wildman–Crippen LogP) is 1.68. The lowest BCUT2D eigenvalue weighted by Crippen LogP contribution is -2.55. The fourth-order valence-electron chi connectivity index (χ4n) is 4.19. The number of nitrogens with two attached hydrogens (primary N) is 1. The van der Waals surface area contributed by atoms with Gasteiger partial charge in [0.2, 0.25) is 12.3 Å². The Labute approximate surface area is 204 Å². The summed E-state index contributed by atoms with van der Waals surface area (Å²) in [5.74, 6) is 0.438. The van der Waals surface area contributed by atoms with E-state index in [-0.39, 0.29) is 11.9 Å². The lowest BCUT2D eigenvalue weighted by molar-refractivity contribution is -0.131. The minimum Gasteiger partial charge on any atom is -0.384 e. The summed E-state index contributed by atoms with van der Waals surface area (Å²) in [7, 11) is 3.36. The summed E-state index contributed by atoms with van der Waals surface area (Å²) in [6, 6.07) is 6.86. The molecule has 0 saturated carbocycles. The summed E-state index contributed by atoms with van der Waals surface area (Å²) in [4.78, 5) is 44.3. The number of anilines is 2. The number of hydrogen-bond donors (Lipinski definition) is 3. The second kappa shape index (κ2) is 11.7. The van der Waals surface area contributed by atoms with Crippen LogP contribution < -0.4 is 21.3 Å². The van der Waals surface area contributed by atoms with Crippen molar-refractivity contribution in [3.05, 3.63) is 29.3 Å². The van der Waals surface area contributed by atoms with Gasteiger partial charge >= 0.3 is 6.03 Å². The second-order valence-electron chi connectivity index (χ2n) is 8.37. The zero-order valence-electron chi connectivity index (χ0n) is 19.6. The van der Waals surface area contributed by atoms with Gasteiger partial charge in [0.15, 0.2) is 0 Å². The molecule has 4 rings (SSSR count). The number of benzene rings is 1. The van der Waals surface area contributed by atoms with Crippen molar-refractivity contribution in [3.63, 3.8) is 0 Å². The highest BCUT2D eigenvalue weighted by atomic mass is 35.5. The molecule has 1 atom stereocenters. The smallest absolute Gasteiger partial charge is 0.318 e. The van der Waals surface area contributed by atoms with Gasteiger partial charge in [0, 0.05) is 69.0 Å². The van der Waals surface area contributed by atoms with Crippen LogP contribution in [0.25, 0.3) is 10.9 Å². The van der Waals surface area contributed by atoms with E-state index in [0.29, 0.717) is 49.9 Å². The molecule has 11 heteroatoms. The van der Waals surface area contributed by atoms with Crippen LogP contribution in [-0.4, -0.2) is 86.0 Å². The molecular formula is C23H32ClN7O3. The number of nitrogen functional groups attached to an aromatic ring is 1. The van der Waals surface area contributed by atoms with E-state index >= 15 is 0 Å². The van der Waals surface area contributed by atoms with Crippen molar-refractivity contribution in [1.82, 2.24) is 25.4 Å². The Balaban J connectivity index is 0.000000751. The number of rotatable bonds is 3. The number of likely N-dealkylation sites (tertiary alicyclic amines) is 1. The summed E-state index contributed by atoms with van der Waals surface area (Å²) >= 11 is 6.10. The summed E-state index contributed by atoms with van der Waals surface area (Å²) in [5.41, 5.74) is 7.76. The normalized spacial score (nSPS) is 18.6. The molecule has 184 valence electrons. The summed E-state index contributed by atoms with van der Waals surface area (Å²) in [6.07, 6.45) is 3.23. The molecule has 10 nitrogen and oxygen atoms in total. The largest absolute Gasteiger partial charge is 0.384 e. The quantitative estimate of drug-likeness (QED) is 0.563. The first-order chi connectivity index (χ1) is 16.3. The number of pyridine rings is 1. The van der Waals surface area contributed by atoms with E-state index in [4.69, 9.17) is 22.1 Å². The fraction of sp³-hybridized carbons (Fsp3) is 0.478. The summed E-state index contributed by atoms with van der Waals surface area (Å²) in [6.45, 7) is 3.23. The Morgan fingerprint density at radius 2 is 1.88 bits per heavy atom. The van der Waals surface area contributed by atoms with Crippen LogP contribution in [-0.2, 0) is 9.59 Å². The molecule has 0 radical (unpaired) electrons. The Hall–Kier alpha value is -3.27. The van der Waals surface area contributed by atoms with E-state index in [1.807, 2.05) is 18.2 Å². The minimum atomic E-state index is -0.434. The lowest BCUT2D eigenvalue weighted by Gasteiger charge is -2.37. The molecule has 3 heterocycles. The molecule has 1 unspecified atom stereocenters. The van der Waals surface area contributed by atoms with E-state index in [9.17, 15) is 9.59 Å². The van der Waals surface area contributed by atoms with Crippen molar-refractivity contribution in [1.29, 1.82) is 0 Å². The highest BCUT2D eigenvalue weighted by Crippen LogP contribution is 2.30. The Morgan fingerprint density at radius 3 is 2.56 bits per heavy atom. The number of fused-ring (bicyclic) bond motifs is 1. The molecule has 2 aromatic rings. The number of aromatic nitrogens is 1. The molecule has 2 aliphatic rings. The average molecular weight is 490 g/mol. The van der Waals surface area contributed by atoms with Gasteiger partial charge < -0.3 is 31.1 Å². The number of piperazine rings is 1. The SMILES string of the molecule is CN1CCCCC(NC(=O)N2CCN(c3cc(N)nc4cc(Cl)ccc34)CC2)C1=O.CNC=O. The molecule has 0 spiro atoms. The average Bonchev–Trinajstić information content (AvgIpc) is 2.99. The van der Waals surface area contributed by atoms with Gasteiger partial charge in [-0.05, 0) is 37.5 Å². The van der Waals surface area contributed by atoms with Crippen molar-refractivity contribution < 1.29 is 14.4 Å². The first-order valence-electron chi connectivity index (χ1n) is 11.4. The zero-order valence-corrected chi connectivity index (χ0v) is 20.3. The van der Waals surface area contributed by atoms with Crippen LogP contribution in [0.5, 0.6) is 0 Å². The zero-order chi connectivity index (χ0) is 24.7. The Kier molecular flexibility index (Phi) is 8.75. The second-order valence-corrected chi connectivity index (χ2v) is 8.80. The highest BCUT2D eigenvalue weighted by Gasteiger charge is 2.29. The third-order valence-corrected chi connectivity index (χ3v) is 6.24. The number of carbonyl (C=O) groups is 3. The molecule has 2 fully saturated rings. The van der Waals surface area contributed by atoms with E-state index in [1.165, 1.54) is 0 Å². The molecule has 0 bridgehead atoms. The van der Waals surface area contributed by atoms with Crippen LogP contribution in [0.4, 0.5) is 16.3 Å². The van der Waals surface area contributed by atoms with Gasteiger partial charge in [-0.3, -0.25) is 9.59 Å². The third kappa shape index (κ3) is 6.19. The minimum absolute atomic E-state index is 0.00289. The van der Waals surface area contributed by atoms with Crippen LogP contribution in [0.1, 0.15) is 19.3 Å². The van der Waals surface area contributed by atoms with Gasteiger partial charge in [0.25, 0.3) is 0 Å². The molecule has 2 aliphatic heterocycles. The van der Waals surface area contributed by atoms with Crippen molar-refractivity contribution >= 4 is 52.4 Å². The number of nitrogens with one attached hydrogen (secondary N) is 2. The maximum atomic E-state index is 12.8. The van der Waals surface area contributed by atoms with Crippen LogP contribution in [0.15, 0.2) is 24.3 Å². The van der Waals surface area contributed by atoms with Crippen LogP contribution in [0.2, 0.25) is 5.02 Å². The van der Waals surface area contributed by atoms with E-state index in [2.05, 4.69) is 20.5 Å². The maximum Gasteiger partial charge on any atom is 0.318 e. The van der Waals surface area contributed by atoms with Gasteiger partial charge in [0.05, 0.1) is 5.52 Å². The Bertz CT molecular complexity index is 1020. The molecule has 1 aromatic heterocycles. The van der Waals surface area contributed by atoms with E-state index < -0.39 is 6.04 Å². The summed E-state index contributed by atoms with van der Waals surface area (Å²) in [5, 5.41) is 6.79. The first-order valence-corrected chi connectivity index (χ1v) is 11.7. The number of carbonyl (C=O) groups excluding carboxylic acids is 3. The van der Waals surface area contributed by atoms with E-state index in [1.54, 1.807) is 30.0 Å². The Morgan fingerprint density at radius 1 is 1.18 bits per heavy atom. The topological polar surface area (TPSA) is 124 Å². The molecule has 0 aliphatic carbocycles. The monoisotopic (exact) mass is 489 g/mol. The van der Waals surface area contributed by atoms with Gasteiger partial charge in [-0.15, -0.1) is 0 Å². The molecule has 34 heavy (non-hydrogen) atoms. The van der Waals surface area contributed by atoms with Gasteiger partial charge in [-0.25, -0.2) is 9.78 Å². The first kappa shape index (κ1) is 25.4. The number of hydrogen-bond acceptors (Lipinski definition) is 6. The number of likely N-dealkylation sites (N-methyl/N-ethyl adjacent to an activating group) is 1. The van der Waals surface area contributed by atoms with Gasteiger partial charge in [0.1, 0.15) is 11.9 Å². The molecular weight excluding hydrogens is 458 g/mol. The number of nitrogens with zero attached hydrogens (tertiary/aromatic N) is 4. The predicted molar refractivity (Wildman–Crippen MR) is 134 cm³/mol. The van der Waals surface area contributed by atoms with E-state index in [0.717, 1.165) is 36.0 Å². The standard InChI is InChI=1S/C21H27ClN6O2.C2H5NO/c1-26-7-3-2-4-16(20(26)29)25-21(30)28-10-8-27(9-11-28)18-13-19(23)24-17-12-14(22)5-6-15(17)18;1-3-2-4/h5-6,12-13,16H,2-4,7-11H2,1H3,(H2,23,24)(H,25,30);2H,1H3,(H,3,4). The number of urea groups is 1. The van der Waals surface area contributed by atoms with Crippen LogP contribution in [0, 0.1) is 0 Å².